The van der Waals surface area contributed by atoms with E-state index in [4.69, 9.17) is 6.92 Å². The van der Waals surface area contributed by atoms with Crippen LogP contribution in [0.3, 0.4) is 0 Å². The van der Waals surface area contributed by atoms with E-state index < -0.39 is 0 Å². The summed E-state index contributed by atoms with van der Waals surface area (Å²) in [5.41, 5.74) is 30.7. The van der Waals surface area contributed by atoms with Crippen LogP contribution in [0.4, 0.5) is 0 Å². The lowest BCUT2D eigenvalue weighted by Crippen LogP contribution is -2.15. The maximum Gasteiger partial charge on any atom is -0.000740 e. The largest absolute Gasteiger partial charge is 0.333 e. The van der Waals surface area contributed by atoms with Gasteiger partial charge in [-0.15, -0.1) is 5.41 Å². The van der Waals surface area contributed by atoms with Crippen molar-refractivity contribution in [2.24, 2.45) is 0 Å². The molecule has 2 aliphatic carbocycles. The summed E-state index contributed by atoms with van der Waals surface area (Å²) < 4.78 is 0. The lowest BCUT2D eigenvalue weighted by atomic mass is 9.80. The zero-order chi connectivity index (χ0) is 57.9. The zero-order valence-electron chi connectivity index (χ0n) is 48.7. The first-order valence-corrected chi connectivity index (χ1v) is 30.6. The van der Waals surface area contributed by atoms with Crippen molar-refractivity contribution in [1.82, 2.24) is 0 Å². The topological polar surface area (TPSA) is 0 Å². The molecule has 0 saturated heterocycles. The van der Waals surface area contributed by atoms with Gasteiger partial charge in [-0.05, 0) is 225 Å². The first-order chi connectivity index (χ1) is 42.9. The fraction of sp³-hybridized carbons (Fsp3) is 0.0460. The second-order valence-electron chi connectivity index (χ2n) is 24.3. The van der Waals surface area contributed by atoms with Crippen molar-refractivity contribution in [3.8, 4) is 134 Å². The Bertz CT molecular complexity index is 5130. The van der Waals surface area contributed by atoms with E-state index in [1.807, 2.05) is 0 Å². The first-order valence-electron chi connectivity index (χ1n) is 30.6. The van der Waals surface area contributed by atoms with E-state index in [1.165, 1.54) is 182 Å². The van der Waals surface area contributed by atoms with Crippen molar-refractivity contribution in [3.05, 3.63) is 310 Å². The maximum absolute atomic E-state index is 4.70. The highest BCUT2D eigenvalue weighted by molar-refractivity contribution is 6.33. The fourth-order valence-electron chi connectivity index (χ4n) is 14.8. The molecule has 0 amide bonds. The standard InChI is InChI=1S/C87H59/c1-4-87(2,3)66-36-24-35-59(51-66)63-46-62(56-29-14-7-15-30-56)49-65(50-63)80-68-38-21-20-37-67(68)79(64-47-60(54-25-10-5-11-26-54)45-61(48-64)55-27-12-6-13-28-55)77-52-75-71-41-43-73-84-74(44-42-72(83(71)84)76(75)53-78(77)80)86-82(58-33-18-9-19-34-58)70-40-23-22-39-69(70)81(85(73)86)57-31-16-8-17-32-57/h5-53H,2,4H2,1,3H3/q-1. The molecule has 15 aromatic carbocycles. The Balaban J connectivity index is 0.989. The summed E-state index contributed by atoms with van der Waals surface area (Å²) in [6.07, 6.45) is 0.940. The van der Waals surface area contributed by atoms with Crippen molar-refractivity contribution in [3.63, 3.8) is 0 Å². The van der Waals surface area contributed by atoms with Gasteiger partial charge in [0.05, 0.1) is 0 Å². The van der Waals surface area contributed by atoms with Crippen molar-refractivity contribution in [2.75, 3.05) is 0 Å². The molecule has 0 saturated carbocycles. The molecule has 17 rings (SSSR count). The second-order valence-corrected chi connectivity index (χ2v) is 24.3. The average Bonchev–Trinajstić information content (AvgIpc) is 1.57. The van der Waals surface area contributed by atoms with Gasteiger partial charge in [0.2, 0.25) is 0 Å². The molecule has 0 bridgehead atoms. The highest BCUT2D eigenvalue weighted by Gasteiger charge is 2.35. The van der Waals surface area contributed by atoms with Crippen LogP contribution in [0.2, 0.25) is 0 Å². The lowest BCUT2D eigenvalue weighted by Gasteiger charge is -2.32. The van der Waals surface area contributed by atoms with Crippen LogP contribution in [0.15, 0.2) is 297 Å². The molecule has 0 heteroatoms. The smallest absolute Gasteiger partial charge is 0.000740 e. The molecule has 1 unspecified atom stereocenters. The van der Waals surface area contributed by atoms with Crippen molar-refractivity contribution in [1.29, 1.82) is 0 Å². The predicted octanol–water partition coefficient (Wildman–Crippen LogP) is 24.4. The molecular weight excluding hydrogens is 1040 g/mol. The van der Waals surface area contributed by atoms with E-state index in [0.717, 1.165) is 6.42 Å². The highest BCUT2D eigenvalue weighted by Crippen LogP contribution is 2.62. The number of hydrogen-bond acceptors (Lipinski definition) is 0. The van der Waals surface area contributed by atoms with Crippen LogP contribution in [0.25, 0.3) is 177 Å². The van der Waals surface area contributed by atoms with E-state index in [9.17, 15) is 0 Å². The van der Waals surface area contributed by atoms with Crippen molar-refractivity contribution < 1.29 is 0 Å². The van der Waals surface area contributed by atoms with Gasteiger partial charge in [0.15, 0.2) is 0 Å². The van der Waals surface area contributed by atoms with Crippen LogP contribution >= 0.6 is 0 Å². The first kappa shape index (κ1) is 50.8. The molecular formula is C87H59-. The Morgan fingerprint density at radius 2 is 0.540 bits per heavy atom. The molecule has 0 aliphatic heterocycles. The van der Waals surface area contributed by atoms with Crippen LogP contribution < -0.4 is 0 Å². The van der Waals surface area contributed by atoms with E-state index in [-0.39, 0.29) is 5.41 Å². The molecule has 0 aromatic heterocycles. The van der Waals surface area contributed by atoms with E-state index in [0.29, 0.717) is 0 Å². The van der Waals surface area contributed by atoms with E-state index in [2.05, 4.69) is 311 Å². The van der Waals surface area contributed by atoms with Crippen LogP contribution in [0, 0.1) is 6.92 Å². The van der Waals surface area contributed by atoms with Crippen LogP contribution in [-0.2, 0) is 5.41 Å². The van der Waals surface area contributed by atoms with Gasteiger partial charge in [-0.25, -0.2) is 0 Å². The van der Waals surface area contributed by atoms with Crippen LogP contribution in [0.1, 0.15) is 25.8 Å². The molecule has 0 heterocycles. The molecule has 1 atom stereocenters. The SMILES string of the molecule is [CH2-]C(C)(CC)c1cccc(-c2cc(-c3ccccc3)cc(-c3c4ccccc4c(-c4cc(-c5ccccc5)cc(-c5ccccc5)c4)c4cc5c(cc34)-c3ccc4c6c(ccc-5c36)-c3c-4c(-c4ccccc4)c4ccccc4c3-c3ccccc3)c2)c1. The van der Waals surface area contributed by atoms with Gasteiger partial charge >= 0.3 is 0 Å². The second kappa shape index (κ2) is 20.0. The summed E-state index contributed by atoms with van der Waals surface area (Å²) in [5, 5.41) is 10.1. The predicted molar refractivity (Wildman–Crippen MR) is 372 cm³/mol. The van der Waals surface area contributed by atoms with E-state index in [1.54, 1.807) is 0 Å². The van der Waals surface area contributed by atoms with Gasteiger partial charge in [-0.2, -0.15) is 0 Å². The lowest BCUT2D eigenvalue weighted by molar-refractivity contribution is 0.568. The van der Waals surface area contributed by atoms with Gasteiger partial charge in [-0.1, -0.05) is 275 Å². The third kappa shape index (κ3) is 8.05. The summed E-state index contributed by atoms with van der Waals surface area (Å²) >= 11 is 0. The summed E-state index contributed by atoms with van der Waals surface area (Å²) in [5.74, 6) is 0. The maximum atomic E-state index is 4.70. The van der Waals surface area contributed by atoms with Gasteiger partial charge in [0, 0.05) is 0 Å². The van der Waals surface area contributed by atoms with Gasteiger partial charge < -0.3 is 6.92 Å². The monoisotopic (exact) mass is 1100 g/mol. The normalized spacial score (nSPS) is 12.7. The molecule has 87 heavy (non-hydrogen) atoms. The number of hydrogen-bond donors (Lipinski definition) is 0. The minimum Gasteiger partial charge on any atom is -0.333 e. The Labute approximate surface area is 509 Å². The fourth-order valence-corrected chi connectivity index (χ4v) is 14.8. The third-order valence-corrected chi connectivity index (χ3v) is 19.2. The molecule has 0 radical (unpaired) electrons. The molecule has 15 aromatic rings. The quantitative estimate of drug-likeness (QED) is 0.0946. The minimum absolute atomic E-state index is 0.219. The zero-order valence-corrected chi connectivity index (χ0v) is 48.7. The molecule has 2 aliphatic rings. The van der Waals surface area contributed by atoms with Crippen molar-refractivity contribution in [2.45, 2.75) is 25.7 Å². The van der Waals surface area contributed by atoms with E-state index >= 15 is 0 Å². The Kier molecular flexibility index (Phi) is 11.7. The van der Waals surface area contributed by atoms with Gasteiger partial charge in [-0.3, -0.25) is 0 Å². The number of benzene rings is 15. The van der Waals surface area contributed by atoms with Crippen molar-refractivity contribution >= 4 is 43.1 Å². The number of fused-ring (bicyclic) bond motifs is 9. The van der Waals surface area contributed by atoms with Gasteiger partial charge in [0.25, 0.3) is 0 Å². The molecule has 408 valence electrons. The highest BCUT2D eigenvalue weighted by atomic mass is 14.4. The summed E-state index contributed by atoms with van der Waals surface area (Å²) in [6.45, 7) is 9.18. The minimum atomic E-state index is -0.219. The third-order valence-electron chi connectivity index (χ3n) is 19.2. The van der Waals surface area contributed by atoms with Crippen LogP contribution in [0.5, 0.6) is 0 Å². The molecule has 0 spiro atoms. The molecule has 0 N–H and O–H groups in total. The molecule has 0 nitrogen and oxygen atoms in total. The summed E-state index contributed by atoms with van der Waals surface area (Å²) in [4.78, 5) is 0. The van der Waals surface area contributed by atoms with Crippen LogP contribution in [-0.4, -0.2) is 0 Å². The summed E-state index contributed by atoms with van der Waals surface area (Å²) in [7, 11) is 0. The molecule has 0 fully saturated rings. The average molecular weight is 1100 g/mol. The van der Waals surface area contributed by atoms with Gasteiger partial charge in [0.1, 0.15) is 0 Å². The Hall–Kier alpha value is -10.7. The Morgan fingerprint density at radius 3 is 0.931 bits per heavy atom. The number of rotatable bonds is 10. The Morgan fingerprint density at radius 1 is 0.230 bits per heavy atom. The summed E-state index contributed by atoms with van der Waals surface area (Å²) in [6, 6.07) is 112.